The first kappa shape index (κ1) is 13.5. The fourth-order valence-corrected chi connectivity index (χ4v) is 1.44. The number of likely N-dealkylation sites (N-methyl/N-ethyl adjacent to an activating group) is 2. The molecule has 0 heterocycles. The SMILES string of the molecule is CNC(=O)CN(C)CCCOc1ccccc1. The number of carbonyl (C=O) groups is 1. The molecule has 1 aromatic rings. The predicted octanol–water partition coefficient (Wildman–Crippen LogP) is 1.13. The van der Waals surface area contributed by atoms with E-state index in [4.69, 9.17) is 4.74 Å². The van der Waals surface area contributed by atoms with Crippen molar-refractivity contribution in [2.24, 2.45) is 0 Å². The molecule has 0 unspecified atom stereocenters. The van der Waals surface area contributed by atoms with E-state index in [0.29, 0.717) is 13.2 Å². The molecule has 17 heavy (non-hydrogen) atoms. The number of hydrogen-bond donors (Lipinski definition) is 1. The summed E-state index contributed by atoms with van der Waals surface area (Å²) < 4.78 is 5.56. The molecule has 0 bridgehead atoms. The predicted molar refractivity (Wildman–Crippen MR) is 68.1 cm³/mol. The quantitative estimate of drug-likeness (QED) is 0.722. The Bertz CT molecular complexity index is 327. The largest absolute Gasteiger partial charge is 0.494 e. The fraction of sp³-hybridized carbons (Fsp3) is 0.462. The van der Waals surface area contributed by atoms with E-state index in [-0.39, 0.29) is 5.91 Å². The van der Waals surface area contributed by atoms with Crippen LogP contribution in [-0.2, 0) is 4.79 Å². The number of carbonyl (C=O) groups excluding carboxylic acids is 1. The van der Waals surface area contributed by atoms with Crippen LogP contribution < -0.4 is 10.1 Å². The van der Waals surface area contributed by atoms with Gasteiger partial charge >= 0.3 is 0 Å². The van der Waals surface area contributed by atoms with Gasteiger partial charge in [-0.05, 0) is 25.6 Å². The molecule has 0 aromatic heterocycles. The van der Waals surface area contributed by atoms with E-state index in [0.717, 1.165) is 18.7 Å². The monoisotopic (exact) mass is 236 g/mol. The standard InChI is InChI=1S/C13H20N2O2/c1-14-13(16)11-15(2)9-6-10-17-12-7-4-3-5-8-12/h3-5,7-8H,6,9-11H2,1-2H3,(H,14,16). The van der Waals surface area contributed by atoms with E-state index in [2.05, 4.69) is 5.32 Å². The smallest absolute Gasteiger partial charge is 0.233 e. The average molecular weight is 236 g/mol. The van der Waals surface area contributed by atoms with Gasteiger partial charge in [0.15, 0.2) is 0 Å². The molecule has 94 valence electrons. The first-order valence-electron chi connectivity index (χ1n) is 5.79. The number of nitrogens with zero attached hydrogens (tertiary/aromatic N) is 1. The van der Waals surface area contributed by atoms with Crippen LogP contribution in [0.2, 0.25) is 0 Å². The Balaban J connectivity index is 2.10. The lowest BCUT2D eigenvalue weighted by molar-refractivity contribution is -0.121. The van der Waals surface area contributed by atoms with Crippen molar-refractivity contribution in [1.82, 2.24) is 10.2 Å². The van der Waals surface area contributed by atoms with Crippen molar-refractivity contribution >= 4 is 5.91 Å². The highest BCUT2D eigenvalue weighted by atomic mass is 16.5. The molecule has 1 aromatic carbocycles. The summed E-state index contributed by atoms with van der Waals surface area (Å²) in [4.78, 5) is 13.1. The summed E-state index contributed by atoms with van der Waals surface area (Å²) in [5.41, 5.74) is 0. The first-order chi connectivity index (χ1) is 8.22. The van der Waals surface area contributed by atoms with Crippen LogP contribution in [0.1, 0.15) is 6.42 Å². The van der Waals surface area contributed by atoms with Crippen LogP contribution in [0.3, 0.4) is 0 Å². The van der Waals surface area contributed by atoms with Crippen LogP contribution in [0, 0.1) is 0 Å². The van der Waals surface area contributed by atoms with Gasteiger partial charge < -0.3 is 10.1 Å². The maximum absolute atomic E-state index is 11.1. The summed E-state index contributed by atoms with van der Waals surface area (Å²) in [6.07, 6.45) is 0.905. The van der Waals surface area contributed by atoms with Gasteiger partial charge in [-0.2, -0.15) is 0 Å². The molecule has 1 rings (SSSR count). The Kier molecular flexibility index (Phi) is 6.10. The first-order valence-corrected chi connectivity index (χ1v) is 5.79. The van der Waals surface area contributed by atoms with E-state index < -0.39 is 0 Å². The highest BCUT2D eigenvalue weighted by Crippen LogP contribution is 2.08. The molecule has 0 saturated heterocycles. The third kappa shape index (κ3) is 5.92. The zero-order valence-corrected chi connectivity index (χ0v) is 10.5. The number of rotatable bonds is 7. The Morgan fingerprint density at radius 1 is 1.35 bits per heavy atom. The third-order valence-electron chi connectivity index (χ3n) is 2.39. The number of benzene rings is 1. The number of hydrogen-bond acceptors (Lipinski definition) is 3. The van der Waals surface area contributed by atoms with Gasteiger partial charge in [-0.3, -0.25) is 9.69 Å². The fourth-order valence-electron chi connectivity index (χ4n) is 1.44. The van der Waals surface area contributed by atoms with Gasteiger partial charge in [0.05, 0.1) is 13.2 Å². The molecular formula is C13H20N2O2. The number of nitrogens with one attached hydrogen (secondary N) is 1. The summed E-state index contributed by atoms with van der Waals surface area (Å²) in [6, 6.07) is 9.74. The molecule has 0 radical (unpaired) electrons. The highest BCUT2D eigenvalue weighted by Gasteiger charge is 2.03. The van der Waals surface area contributed by atoms with E-state index in [1.54, 1.807) is 7.05 Å². The zero-order chi connectivity index (χ0) is 12.5. The molecule has 0 fully saturated rings. The summed E-state index contributed by atoms with van der Waals surface area (Å²) in [5.74, 6) is 0.929. The Labute approximate surface area is 103 Å². The minimum atomic E-state index is 0.0384. The summed E-state index contributed by atoms with van der Waals surface area (Å²) >= 11 is 0. The van der Waals surface area contributed by atoms with Crippen LogP contribution in [-0.4, -0.2) is 44.6 Å². The number of amides is 1. The average Bonchev–Trinajstić information content (AvgIpc) is 2.36. The lowest BCUT2D eigenvalue weighted by Gasteiger charge is -2.15. The molecule has 0 spiro atoms. The van der Waals surface area contributed by atoms with Crippen molar-refractivity contribution in [2.45, 2.75) is 6.42 Å². The van der Waals surface area contributed by atoms with E-state index in [1.807, 2.05) is 42.3 Å². The van der Waals surface area contributed by atoms with E-state index in [1.165, 1.54) is 0 Å². The Morgan fingerprint density at radius 3 is 2.71 bits per heavy atom. The minimum Gasteiger partial charge on any atom is -0.494 e. The Morgan fingerprint density at radius 2 is 2.06 bits per heavy atom. The molecule has 1 N–H and O–H groups in total. The molecular weight excluding hydrogens is 216 g/mol. The molecule has 4 nitrogen and oxygen atoms in total. The highest BCUT2D eigenvalue weighted by molar-refractivity contribution is 5.77. The van der Waals surface area contributed by atoms with Gasteiger partial charge in [0, 0.05) is 13.6 Å². The van der Waals surface area contributed by atoms with Gasteiger partial charge in [0.2, 0.25) is 5.91 Å². The van der Waals surface area contributed by atoms with Gasteiger partial charge in [0.25, 0.3) is 0 Å². The minimum absolute atomic E-state index is 0.0384. The second-order valence-electron chi connectivity index (χ2n) is 3.93. The molecule has 0 aliphatic carbocycles. The van der Waals surface area contributed by atoms with Crippen molar-refractivity contribution in [1.29, 1.82) is 0 Å². The van der Waals surface area contributed by atoms with E-state index >= 15 is 0 Å². The maximum Gasteiger partial charge on any atom is 0.233 e. The lowest BCUT2D eigenvalue weighted by atomic mass is 10.3. The van der Waals surface area contributed by atoms with Crippen LogP contribution in [0.5, 0.6) is 5.75 Å². The second kappa shape index (κ2) is 7.68. The third-order valence-corrected chi connectivity index (χ3v) is 2.39. The normalized spacial score (nSPS) is 10.3. The molecule has 4 heteroatoms. The summed E-state index contributed by atoms with van der Waals surface area (Å²) in [6.45, 7) is 1.95. The zero-order valence-electron chi connectivity index (χ0n) is 10.5. The topological polar surface area (TPSA) is 41.6 Å². The molecule has 0 aliphatic rings. The second-order valence-corrected chi connectivity index (χ2v) is 3.93. The lowest BCUT2D eigenvalue weighted by Crippen LogP contribution is -2.33. The van der Waals surface area contributed by atoms with E-state index in [9.17, 15) is 4.79 Å². The van der Waals surface area contributed by atoms with Crippen LogP contribution in [0.4, 0.5) is 0 Å². The summed E-state index contributed by atoms with van der Waals surface area (Å²) in [5, 5.41) is 2.60. The Hall–Kier alpha value is -1.55. The van der Waals surface area contributed by atoms with Crippen LogP contribution >= 0.6 is 0 Å². The van der Waals surface area contributed by atoms with Crippen LogP contribution in [0.25, 0.3) is 0 Å². The van der Waals surface area contributed by atoms with Gasteiger partial charge in [-0.15, -0.1) is 0 Å². The molecule has 0 aliphatic heterocycles. The molecule has 0 saturated carbocycles. The van der Waals surface area contributed by atoms with Gasteiger partial charge in [0.1, 0.15) is 5.75 Å². The molecule has 0 atom stereocenters. The van der Waals surface area contributed by atoms with Crippen LogP contribution in [0.15, 0.2) is 30.3 Å². The van der Waals surface area contributed by atoms with Gasteiger partial charge in [-0.1, -0.05) is 18.2 Å². The van der Waals surface area contributed by atoms with Gasteiger partial charge in [-0.25, -0.2) is 0 Å². The van der Waals surface area contributed by atoms with Crippen molar-refractivity contribution in [3.63, 3.8) is 0 Å². The van der Waals surface area contributed by atoms with Crippen molar-refractivity contribution in [3.8, 4) is 5.75 Å². The van der Waals surface area contributed by atoms with Crippen molar-refractivity contribution in [3.05, 3.63) is 30.3 Å². The number of ether oxygens (including phenoxy) is 1. The molecule has 1 amide bonds. The van der Waals surface area contributed by atoms with Crippen molar-refractivity contribution in [2.75, 3.05) is 33.8 Å². The maximum atomic E-state index is 11.1. The van der Waals surface area contributed by atoms with Crippen molar-refractivity contribution < 1.29 is 9.53 Å². The summed E-state index contributed by atoms with van der Waals surface area (Å²) in [7, 11) is 3.58. The number of para-hydroxylation sites is 1.